The zero-order chi connectivity index (χ0) is 22.1. The zero-order valence-electron chi connectivity index (χ0n) is 18.5. The van der Waals surface area contributed by atoms with E-state index in [1.54, 1.807) is 12.3 Å². The van der Waals surface area contributed by atoms with Crippen LogP contribution in [-0.4, -0.2) is 73.6 Å². The summed E-state index contributed by atoms with van der Waals surface area (Å²) < 4.78 is 14.0. The van der Waals surface area contributed by atoms with Crippen molar-refractivity contribution in [3.63, 3.8) is 0 Å². The fourth-order valence-corrected chi connectivity index (χ4v) is 4.27. The number of nitrogens with zero attached hydrogens (tertiary/aromatic N) is 4. The van der Waals surface area contributed by atoms with Gasteiger partial charge in [-0.05, 0) is 70.8 Å². The van der Waals surface area contributed by atoms with Gasteiger partial charge < -0.3 is 26.2 Å². The SMILES string of the molecule is CCNC(=NCCCCN1CCC(C(N)=O)CC1)NC1CCN(c2ncccc2F)C1. The Labute approximate surface area is 184 Å². The third-order valence-electron chi connectivity index (χ3n) is 6.05. The number of aliphatic imine (C=N–C) groups is 1. The van der Waals surface area contributed by atoms with Crippen LogP contribution in [0.3, 0.4) is 0 Å². The molecule has 8 nitrogen and oxygen atoms in total. The quantitative estimate of drug-likeness (QED) is 0.309. The van der Waals surface area contributed by atoms with E-state index in [4.69, 9.17) is 10.7 Å². The summed E-state index contributed by atoms with van der Waals surface area (Å²) >= 11 is 0. The molecular formula is C22H36FN7O. The highest BCUT2D eigenvalue weighted by atomic mass is 19.1. The first-order chi connectivity index (χ1) is 15.1. The number of pyridine rings is 1. The van der Waals surface area contributed by atoms with Crippen LogP contribution in [-0.2, 0) is 4.79 Å². The fraction of sp³-hybridized carbons (Fsp3) is 0.682. The Morgan fingerprint density at radius 1 is 1.29 bits per heavy atom. The molecule has 0 bridgehead atoms. The van der Waals surface area contributed by atoms with Crippen LogP contribution in [0.1, 0.15) is 39.0 Å². The molecule has 4 N–H and O–H groups in total. The highest BCUT2D eigenvalue weighted by Gasteiger charge is 2.26. The summed E-state index contributed by atoms with van der Waals surface area (Å²) in [6.45, 7) is 8.04. The number of nitrogens with one attached hydrogen (secondary N) is 2. The summed E-state index contributed by atoms with van der Waals surface area (Å²) in [5.41, 5.74) is 5.40. The van der Waals surface area contributed by atoms with Gasteiger partial charge in [0, 0.05) is 44.3 Å². The first-order valence-electron chi connectivity index (χ1n) is 11.5. The number of carbonyl (C=O) groups is 1. The number of amides is 1. The maximum atomic E-state index is 14.0. The van der Waals surface area contributed by atoms with E-state index in [9.17, 15) is 9.18 Å². The molecule has 2 saturated heterocycles. The number of anilines is 1. The molecule has 1 unspecified atom stereocenters. The second kappa shape index (κ2) is 11.8. The number of aromatic nitrogens is 1. The summed E-state index contributed by atoms with van der Waals surface area (Å²) in [7, 11) is 0. The first kappa shape index (κ1) is 23.2. The molecule has 0 aliphatic carbocycles. The molecule has 31 heavy (non-hydrogen) atoms. The fourth-order valence-electron chi connectivity index (χ4n) is 4.27. The lowest BCUT2D eigenvalue weighted by atomic mass is 9.96. The third kappa shape index (κ3) is 7.05. The van der Waals surface area contributed by atoms with Crippen LogP contribution in [0.5, 0.6) is 0 Å². The van der Waals surface area contributed by atoms with Crippen molar-refractivity contribution < 1.29 is 9.18 Å². The number of unbranched alkanes of at least 4 members (excludes halogenated alkanes) is 1. The number of piperidine rings is 1. The van der Waals surface area contributed by atoms with E-state index in [0.717, 1.165) is 77.3 Å². The first-order valence-corrected chi connectivity index (χ1v) is 11.5. The number of likely N-dealkylation sites (tertiary alicyclic amines) is 1. The van der Waals surface area contributed by atoms with Crippen molar-refractivity contribution in [1.29, 1.82) is 0 Å². The van der Waals surface area contributed by atoms with Gasteiger partial charge in [-0.25, -0.2) is 9.37 Å². The van der Waals surface area contributed by atoms with E-state index in [-0.39, 0.29) is 23.7 Å². The van der Waals surface area contributed by atoms with Crippen LogP contribution in [0, 0.1) is 11.7 Å². The summed E-state index contributed by atoms with van der Waals surface area (Å²) in [4.78, 5) is 24.6. The third-order valence-corrected chi connectivity index (χ3v) is 6.05. The van der Waals surface area contributed by atoms with Gasteiger partial charge in [-0.1, -0.05) is 0 Å². The topological polar surface area (TPSA) is 98.9 Å². The number of hydrogen-bond acceptors (Lipinski definition) is 5. The minimum Gasteiger partial charge on any atom is -0.369 e. The summed E-state index contributed by atoms with van der Waals surface area (Å²) in [5, 5.41) is 6.79. The van der Waals surface area contributed by atoms with E-state index in [2.05, 4.69) is 27.4 Å². The van der Waals surface area contributed by atoms with Crippen molar-refractivity contribution in [3.8, 4) is 0 Å². The predicted octanol–water partition coefficient (Wildman–Crippen LogP) is 1.33. The van der Waals surface area contributed by atoms with Crippen molar-refractivity contribution in [3.05, 3.63) is 24.1 Å². The Morgan fingerprint density at radius 3 is 2.81 bits per heavy atom. The van der Waals surface area contributed by atoms with Gasteiger partial charge in [0.1, 0.15) is 0 Å². The van der Waals surface area contributed by atoms with Gasteiger partial charge in [0.2, 0.25) is 5.91 Å². The number of guanidine groups is 1. The van der Waals surface area contributed by atoms with Gasteiger partial charge in [-0.2, -0.15) is 0 Å². The Morgan fingerprint density at radius 2 is 2.10 bits per heavy atom. The minimum atomic E-state index is -0.275. The molecule has 0 spiro atoms. The standard InChI is InChI=1S/C22H36FN7O/c1-2-25-22(27-10-3-4-12-29-13-7-17(8-14-29)20(24)31)28-18-9-15-30(16-18)21-19(23)6-5-11-26-21/h5-6,11,17-18H,2-4,7-10,12-16H2,1H3,(H2,24,31)(H2,25,27,28). The van der Waals surface area contributed by atoms with Gasteiger partial charge in [-0.3, -0.25) is 9.79 Å². The molecule has 2 aliphatic rings. The summed E-state index contributed by atoms with van der Waals surface area (Å²) in [6.07, 6.45) is 6.40. The molecule has 3 rings (SSSR count). The van der Waals surface area contributed by atoms with E-state index < -0.39 is 0 Å². The monoisotopic (exact) mass is 433 g/mol. The van der Waals surface area contributed by atoms with Crippen LogP contribution in [0.4, 0.5) is 10.2 Å². The molecule has 2 aliphatic heterocycles. The number of hydrogen-bond donors (Lipinski definition) is 3. The Balaban J connectivity index is 1.37. The maximum absolute atomic E-state index is 14.0. The molecule has 2 fully saturated rings. The van der Waals surface area contributed by atoms with Crippen molar-refractivity contribution >= 4 is 17.7 Å². The lowest BCUT2D eigenvalue weighted by Crippen LogP contribution is -2.44. The number of halogens is 1. The molecule has 1 aromatic heterocycles. The molecule has 1 amide bonds. The van der Waals surface area contributed by atoms with Crippen molar-refractivity contribution in [2.75, 3.05) is 50.7 Å². The Bertz CT molecular complexity index is 736. The average molecular weight is 434 g/mol. The smallest absolute Gasteiger partial charge is 0.220 e. The molecule has 0 aromatic carbocycles. The second-order valence-electron chi connectivity index (χ2n) is 8.37. The highest BCUT2D eigenvalue weighted by molar-refractivity contribution is 5.80. The van der Waals surface area contributed by atoms with E-state index in [1.165, 1.54) is 6.07 Å². The number of carbonyl (C=O) groups excluding carboxylic acids is 1. The van der Waals surface area contributed by atoms with Gasteiger partial charge >= 0.3 is 0 Å². The molecule has 0 radical (unpaired) electrons. The molecule has 1 atom stereocenters. The minimum absolute atomic E-state index is 0.0512. The Hall–Kier alpha value is -2.42. The largest absolute Gasteiger partial charge is 0.369 e. The summed E-state index contributed by atoms with van der Waals surface area (Å²) in [6, 6.07) is 3.28. The average Bonchev–Trinajstić information content (AvgIpc) is 3.22. The van der Waals surface area contributed by atoms with E-state index in [0.29, 0.717) is 12.4 Å². The van der Waals surface area contributed by atoms with Crippen LogP contribution in [0.25, 0.3) is 0 Å². The van der Waals surface area contributed by atoms with Crippen LogP contribution in [0.15, 0.2) is 23.3 Å². The van der Waals surface area contributed by atoms with Crippen LogP contribution in [0.2, 0.25) is 0 Å². The van der Waals surface area contributed by atoms with Crippen LogP contribution < -0.4 is 21.3 Å². The molecule has 1 aromatic rings. The number of rotatable bonds is 9. The maximum Gasteiger partial charge on any atom is 0.220 e. The highest BCUT2D eigenvalue weighted by Crippen LogP contribution is 2.21. The van der Waals surface area contributed by atoms with E-state index in [1.807, 2.05) is 4.90 Å². The van der Waals surface area contributed by atoms with Crippen LogP contribution >= 0.6 is 0 Å². The van der Waals surface area contributed by atoms with Crippen molar-refractivity contribution in [2.24, 2.45) is 16.6 Å². The van der Waals surface area contributed by atoms with E-state index >= 15 is 0 Å². The van der Waals surface area contributed by atoms with Crippen molar-refractivity contribution in [2.45, 2.75) is 45.1 Å². The predicted molar refractivity (Wildman–Crippen MR) is 122 cm³/mol. The molecule has 0 saturated carbocycles. The van der Waals surface area contributed by atoms with Gasteiger partial charge in [0.15, 0.2) is 17.6 Å². The molecule has 172 valence electrons. The normalized spacial score (nSPS) is 20.8. The zero-order valence-corrected chi connectivity index (χ0v) is 18.5. The summed E-state index contributed by atoms with van der Waals surface area (Å²) in [5.74, 6) is 0.859. The molecular weight excluding hydrogens is 397 g/mol. The lowest BCUT2D eigenvalue weighted by molar-refractivity contribution is -0.123. The Kier molecular flexibility index (Phi) is 8.87. The van der Waals surface area contributed by atoms with Gasteiger partial charge in [0.05, 0.1) is 0 Å². The van der Waals surface area contributed by atoms with Gasteiger partial charge in [0.25, 0.3) is 0 Å². The molecule has 9 heteroatoms. The number of primary amides is 1. The number of nitrogens with two attached hydrogens (primary N) is 1. The van der Waals surface area contributed by atoms with Gasteiger partial charge in [-0.15, -0.1) is 0 Å². The molecule has 3 heterocycles. The lowest BCUT2D eigenvalue weighted by Gasteiger charge is -2.30. The second-order valence-corrected chi connectivity index (χ2v) is 8.37. The van der Waals surface area contributed by atoms with Crippen molar-refractivity contribution in [1.82, 2.24) is 20.5 Å².